The highest BCUT2D eigenvalue weighted by Gasteiger charge is 2.29. The fourth-order valence-corrected chi connectivity index (χ4v) is 6.33. The minimum atomic E-state index is -3.69. The molecule has 0 fully saturated rings. The molecule has 7 nitrogen and oxygen atoms in total. The zero-order valence-electron chi connectivity index (χ0n) is 22.4. The summed E-state index contributed by atoms with van der Waals surface area (Å²) in [5.41, 5.74) is 4.96. The van der Waals surface area contributed by atoms with E-state index in [4.69, 9.17) is 0 Å². The van der Waals surface area contributed by atoms with Crippen molar-refractivity contribution in [3.63, 3.8) is 0 Å². The van der Waals surface area contributed by atoms with Gasteiger partial charge in [0.15, 0.2) is 0 Å². The van der Waals surface area contributed by atoms with Crippen LogP contribution in [0.25, 0.3) is 0 Å². The number of nitrogens with zero attached hydrogens (tertiary/aromatic N) is 3. The Hall–Kier alpha value is -3.75. The molecule has 0 aliphatic heterocycles. The van der Waals surface area contributed by atoms with Crippen LogP contribution < -0.4 is 9.62 Å². The first-order valence-corrected chi connectivity index (χ1v) is 14.9. The molecule has 3 aromatic carbocycles. The van der Waals surface area contributed by atoms with E-state index in [1.807, 2.05) is 85.4 Å². The van der Waals surface area contributed by atoms with E-state index in [-0.39, 0.29) is 16.8 Å². The van der Waals surface area contributed by atoms with Gasteiger partial charge in [0, 0.05) is 37.6 Å². The van der Waals surface area contributed by atoms with Gasteiger partial charge in [-0.2, -0.15) is 0 Å². The molecule has 1 amide bonds. The smallest absolute Gasteiger partial charge is 0.241 e. The van der Waals surface area contributed by atoms with Crippen LogP contribution in [0.3, 0.4) is 0 Å². The van der Waals surface area contributed by atoms with Gasteiger partial charge in [-0.05, 0) is 72.2 Å². The van der Waals surface area contributed by atoms with E-state index >= 15 is 0 Å². The number of carbonyl (C=O) groups excluding carboxylic acids is 1. The van der Waals surface area contributed by atoms with E-state index < -0.39 is 10.0 Å². The summed E-state index contributed by atoms with van der Waals surface area (Å²) in [5, 5.41) is 0. The number of sulfonamides is 1. The number of hydrogen-bond acceptors (Lipinski definition) is 4. The van der Waals surface area contributed by atoms with Gasteiger partial charge in [0.1, 0.15) is 5.82 Å². The first kappa shape index (κ1) is 26.8. The Morgan fingerprint density at radius 2 is 1.82 bits per heavy atom. The first-order chi connectivity index (χ1) is 18.8. The predicted octanol–water partition coefficient (Wildman–Crippen LogP) is 5.11. The number of benzene rings is 3. The molecular weight excluding hydrogens is 508 g/mol. The summed E-state index contributed by atoms with van der Waals surface area (Å²) in [7, 11) is -1.78. The van der Waals surface area contributed by atoms with Crippen molar-refractivity contribution < 1.29 is 13.2 Å². The van der Waals surface area contributed by atoms with Crippen molar-refractivity contribution in [2.45, 2.75) is 56.5 Å². The molecule has 0 spiro atoms. The van der Waals surface area contributed by atoms with Crippen LogP contribution in [0.5, 0.6) is 0 Å². The Bertz CT molecular complexity index is 1550. The van der Waals surface area contributed by atoms with Crippen LogP contribution in [0, 0.1) is 0 Å². The quantitative estimate of drug-likeness (QED) is 0.302. The van der Waals surface area contributed by atoms with Crippen LogP contribution in [-0.2, 0) is 47.7 Å². The molecule has 1 aliphatic carbocycles. The average molecular weight is 543 g/mol. The van der Waals surface area contributed by atoms with E-state index in [0.717, 1.165) is 46.6 Å². The second-order valence-corrected chi connectivity index (χ2v) is 11.7. The van der Waals surface area contributed by atoms with Crippen molar-refractivity contribution in [3.05, 3.63) is 113 Å². The minimum Gasteiger partial charge on any atom is -0.337 e. The van der Waals surface area contributed by atoms with E-state index in [1.54, 1.807) is 23.2 Å². The van der Waals surface area contributed by atoms with Crippen molar-refractivity contribution in [3.8, 4) is 0 Å². The van der Waals surface area contributed by atoms with Gasteiger partial charge >= 0.3 is 0 Å². The highest BCUT2D eigenvalue weighted by atomic mass is 32.2. The number of amides is 1. The third kappa shape index (κ3) is 6.13. The zero-order valence-corrected chi connectivity index (χ0v) is 23.2. The Morgan fingerprint density at radius 1 is 1.05 bits per heavy atom. The lowest BCUT2D eigenvalue weighted by molar-refractivity contribution is -0.118. The van der Waals surface area contributed by atoms with Crippen molar-refractivity contribution in [1.29, 1.82) is 0 Å². The van der Waals surface area contributed by atoms with Gasteiger partial charge < -0.3 is 9.47 Å². The molecule has 0 bridgehead atoms. The van der Waals surface area contributed by atoms with Crippen LogP contribution in [0.1, 0.15) is 53.9 Å². The number of aryl methyl sites for hydroxylation is 4. The summed E-state index contributed by atoms with van der Waals surface area (Å²) < 4.78 is 31.2. The van der Waals surface area contributed by atoms with Crippen LogP contribution in [0.2, 0.25) is 0 Å². The fourth-order valence-electron chi connectivity index (χ4n) is 5.08. The van der Waals surface area contributed by atoms with E-state index in [0.29, 0.717) is 25.8 Å². The van der Waals surface area contributed by atoms with Crippen LogP contribution >= 0.6 is 0 Å². The van der Waals surface area contributed by atoms with Gasteiger partial charge in [-0.25, -0.2) is 18.1 Å². The first-order valence-electron chi connectivity index (χ1n) is 13.4. The number of rotatable bonds is 10. The van der Waals surface area contributed by atoms with Gasteiger partial charge in [0.2, 0.25) is 15.9 Å². The third-order valence-electron chi connectivity index (χ3n) is 7.45. The van der Waals surface area contributed by atoms with Crippen molar-refractivity contribution in [2.75, 3.05) is 4.90 Å². The van der Waals surface area contributed by atoms with Crippen LogP contribution in [0.4, 0.5) is 5.69 Å². The lowest BCUT2D eigenvalue weighted by Gasteiger charge is -2.24. The predicted molar refractivity (Wildman–Crippen MR) is 153 cm³/mol. The highest BCUT2D eigenvalue weighted by Crippen LogP contribution is 2.35. The Kier molecular flexibility index (Phi) is 7.95. The maximum Gasteiger partial charge on any atom is 0.241 e. The largest absolute Gasteiger partial charge is 0.337 e. The number of aromatic nitrogens is 2. The molecule has 1 aliphatic rings. The lowest BCUT2D eigenvalue weighted by Crippen LogP contribution is -2.32. The van der Waals surface area contributed by atoms with Crippen molar-refractivity contribution in [2.24, 2.45) is 7.05 Å². The number of fused-ring (bicyclic) bond motifs is 1. The molecular formula is C31H34N4O3S. The monoisotopic (exact) mass is 542 g/mol. The number of anilines is 1. The molecule has 1 aromatic heterocycles. The maximum absolute atomic E-state index is 13.6. The fraction of sp³-hybridized carbons (Fsp3) is 0.290. The zero-order chi connectivity index (χ0) is 27.4. The molecule has 5 rings (SSSR count). The molecule has 0 saturated carbocycles. The SMILES string of the molecule is CCc1ccc(S(=O)(=O)NC2CCc3ccc(N(Cc4nccn4C)C(=O)CCc4ccccc4)cc32)cc1. The van der Waals surface area contributed by atoms with Crippen molar-refractivity contribution in [1.82, 2.24) is 14.3 Å². The molecule has 1 atom stereocenters. The maximum atomic E-state index is 13.6. The van der Waals surface area contributed by atoms with Gasteiger partial charge in [0.25, 0.3) is 0 Å². The van der Waals surface area contributed by atoms with Gasteiger partial charge in [-0.15, -0.1) is 0 Å². The molecule has 39 heavy (non-hydrogen) atoms. The average Bonchev–Trinajstić information content (AvgIpc) is 3.55. The van der Waals surface area contributed by atoms with Gasteiger partial charge in [-0.1, -0.05) is 55.5 Å². The second-order valence-electron chi connectivity index (χ2n) is 10.0. The summed E-state index contributed by atoms with van der Waals surface area (Å²) in [6, 6.07) is 22.6. The highest BCUT2D eigenvalue weighted by molar-refractivity contribution is 7.89. The van der Waals surface area contributed by atoms with E-state index in [1.165, 1.54) is 0 Å². The van der Waals surface area contributed by atoms with Gasteiger partial charge in [-0.3, -0.25) is 4.79 Å². The summed E-state index contributed by atoms with van der Waals surface area (Å²) in [4.78, 5) is 20.0. The lowest BCUT2D eigenvalue weighted by atomic mass is 10.1. The normalized spacial score (nSPS) is 14.8. The summed E-state index contributed by atoms with van der Waals surface area (Å²) in [5.74, 6) is 0.768. The molecule has 4 aromatic rings. The van der Waals surface area contributed by atoms with E-state index in [9.17, 15) is 13.2 Å². The second kappa shape index (κ2) is 11.6. The molecule has 202 valence electrons. The number of imidazole rings is 1. The van der Waals surface area contributed by atoms with Gasteiger partial charge in [0.05, 0.1) is 11.4 Å². The third-order valence-corrected chi connectivity index (χ3v) is 8.94. The van der Waals surface area contributed by atoms with Crippen LogP contribution in [-0.4, -0.2) is 23.9 Å². The Balaban J connectivity index is 1.40. The number of nitrogens with one attached hydrogen (secondary N) is 1. The summed E-state index contributed by atoms with van der Waals surface area (Å²) >= 11 is 0. The number of hydrogen-bond donors (Lipinski definition) is 1. The minimum absolute atomic E-state index is 0.00653. The Morgan fingerprint density at radius 3 is 2.51 bits per heavy atom. The molecule has 8 heteroatoms. The summed E-state index contributed by atoms with van der Waals surface area (Å²) in [6.45, 7) is 2.37. The summed E-state index contributed by atoms with van der Waals surface area (Å²) in [6.07, 6.45) is 6.89. The molecule has 1 heterocycles. The molecule has 0 radical (unpaired) electrons. The molecule has 0 saturated heterocycles. The topological polar surface area (TPSA) is 84.3 Å². The molecule has 1 unspecified atom stereocenters. The standard InChI is InChI=1S/C31H34N4O3S/c1-3-23-9-15-27(16-10-23)39(37,38)33-29-17-13-25-12-14-26(21-28(25)29)35(22-30-32-19-20-34(30)2)31(36)18-11-24-7-5-4-6-8-24/h4-10,12,14-16,19-21,29,33H,3,11,13,17-18,22H2,1-2H3. The molecule has 1 N–H and O–H groups in total. The Labute approximate surface area is 230 Å². The van der Waals surface area contributed by atoms with Crippen LogP contribution in [0.15, 0.2) is 90.1 Å². The van der Waals surface area contributed by atoms with E-state index in [2.05, 4.69) is 9.71 Å². The number of carbonyl (C=O) groups is 1. The van der Waals surface area contributed by atoms with Crippen molar-refractivity contribution >= 4 is 21.6 Å².